The van der Waals surface area contributed by atoms with E-state index in [0.29, 0.717) is 18.2 Å². The Morgan fingerprint density at radius 2 is 2.16 bits per heavy atom. The third-order valence-electron chi connectivity index (χ3n) is 6.61. The van der Waals surface area contributed by atoms with Gasteiger partial charge in [-0.05, 0) is 25.8 Å². The Bertz CT molecular complexity index is 1060. The Hall–Kier alpha value is -2.67. The third-order valence-corrected chi connectivity index (χ3v) is 6.80. The summed E-state index contributed by atoms with van der Waals surface area (Å²) in [6.45, 7) is 4.43. The fraction of sp³-hybridized carbons (Fsp3) is 0.478. The molecule has 162 valence electrons. The molecule has 2 atom stereocenters. The van der Waals surface area contributed by atoms with E-state index in [9.17, 15) is 4.79 Å². The predicted molar refractivity (Wildman–Crippen MR) is 120 cm³/mol. The number of fused-ring (bicyclic) bond motifs is 2. The summed E-state index contributed by atoms with van der Waals surface area (Å²) in [5, 5.41) is 0.525. The van der Waals surface area contributed by atoms with E-state index in [1.165, 1.54) is 7.11 Å². The molecule has 8 heteroatoms. The number of pyridine rings is 1. The summed E-state index contributed by atoms with van der Waals surface area (Å²) in [6.07, 6.45) is 9.38. The summed E-state index contributed by atoms with van der Waals surface area (Å²) >= 11 is 6.37. The lowest BCUT2D eigenvalue weighted by Crippen LogP contribution is -2.43. The lowest BCUT2D eigenvalue weighted by Gasteiger charge is -2.40. The Morgan fingerprint density at radius 3 is 3.00 bits per heavy atom. The number of methoxy groups -OCH3 is 1. The van der Waals surface area contributed by atoms with Gasteiger partial charge in [0.15, 0.2) is 0 Å². The van der Waals surface area contributed by atoms with Crippen LogP contribution in [-0.2, 0) is 28.9 Å². The minimum Gasteiger partial charge on any atom is -0.469 e. The van der Waals surface area contributed by atoms with Gasteiger partial charge in [0.25, 0.3) is 0 Å². The summed E-state index contributed by atoms with van der Waals surface area (Å²) in [5.74, 6) is 0.676. The zero-order chi connectivity index (χ0) is 21.5. The van der Waals surface area contributed by atoms with Crippen LogP contribution in [-0.4, -0.2) is 47.2 Å². The molecule has 3 aliphatic rings. The smallest absolute Gasteiger partial charge is 0.310 e. The number of esters is 1. The molecule has 0 amide bonds. The standard InChI is InChI=1S/C23H26ClN5O2/c1-14-9-19-17(12-29(14)20-10-21(24)27-18-7-3-6-16(18)20)22(26-13-25-19)28-8-4-5-15(11-28)23(30)31-2/h3,6,10,13-15H,4-5,7-9,11-12H2,1-2H3/t14-,15+/m1/s1. The maximum absolute atomic E-state index is 12.1. The minimum absolute atomic E-state index is 0.115. The highest BCUT2D eigenvalue weighted by molar-refractivity contribution is 6.29. The molecular formula is C23H26ClN5O2. The molecule has 1 fully saturated rings. The van der Waals surface area contributed by atoms with Crippen molar-refractivity contribution in [2.45, 2.75) is 45.2 Å². The predicted octanol–water partition coefficient (Wildman–Crippen LogP) is 3.43. The van der Waals surface area contributed by atoms with Crippen LogP contribution in [0.15, 0.2) is 18.5 Å². The molecule has 1 saturated heterocycles. The van der Waals surface area contributed by atoms with Gasteiger partial charge in [0.05, 0.1) is 24.4 Å². The lowest BCUT2D eigenvalue weighted by molar-refractivity contribution is -0.145. The topological polar surface area (TPSA) is 71.5 Å². The molecule has 0 radical (unpaired) electrons. The molecular weight excluding hydrogens is 414 g/mol. The third kappa shape index (κ3) is 3.65. The highest BCUT2D eigenvalue weighted by atomic mass is 35.5. The number of allylic oxidation sites excluding steroid dienone is 1. The zero-order valence-corrected chi connectivity index (χ0v) is 18.6. The Balaban J connectivity index is 1.50. The van der Waals surface area contributed by atoms with Gasteiger partial charge in [-0.2, -0.15) is 0 Å². The second-order valence-electron chi connectivity index (χ2n) is 8.54. The summed E-state index contributed by atoms with van der Waals surface area (Å²) in [6, 6.07) is 2.24. The molecule has 4 heterocycles. The molecule has 31 heavy (non-hydrogen) atoms. The lowest BCUT2D eigenvalue weighted by atomic mass is 9.95. The van der Waals surface area contributed by atoms with Gasteiger partial charge in [-0.3, -0.25) is 4.79 Å². The van der Waals surface area contributed by atoms with Crippen molar-refractivity contribution < 1.29 is 9.53 Å². The first-order chi connectivity index (χ1) is 15.0. The molecule has 0 aromatic carbocycles. The summed E-state index contributed by atoms with van der Waals surface area (Å²) < 4.78 is 5.00. The second-order valence-corrected chi connectivity index (χ2v) is 8.93. The van der Waals surface area contributed by atoms with Gasteiger partial charge in [-0.15, -0.1) is 0 Å². The van der Waals surface area contributed by atoms with Crippen LogP contribution < -0.4 is 9.80 Å². The number of hydrogen-bond acceptors (Lipinski definition) is 7. The number of piperidine rings is 1. The Labute approximate surface area is 187 Å². The molecule has 0 bridgehead atoms. The summed E-state index contributed by atoms with van der Waals surface area (Å²) in [7, 11) is 1.46. The number of hydrogen-bond donors (Lipinski definition) is 0. The first-order valence-electron chi connectivity index (χ1n) is 10.8. The molecule has 7 nitrogen and oxygen atoms in total. The van der Waals surface area contributed by atoms with Gasteiger partial charge in [0.2, 0.25) is 0 Å². The summed E-state index contributed by atoms with van der Waals surface area (Å²) in [5.41, 5.74) is 5.52. The average Bonchev–Trinajstić information content (AvgIpc) is 3.25. The molecule has 2 aliphatic heterocycles. The molecule has 1 aliphatic carbocycles. The van der Waals surface area contributed by atoms with Gasteiger partial charge >= 0.3 is 5.97 Å². The summed E-state index contributed by atoms with van der Waals surface area (Å²) in [4.78, 5) is 30.5. The van der Waals surface area contributed by atoms with Crippen LogP contribution in [0.4, 0.5) is 11.5 Å². The SMILES string of the molecule is COC(=O)[C@H]1CCCN(c2ncnc3c2CN(c2cc(Cl)nc4c2C=CC4)[C@H](C)C3)C1. The van der Waals surface area contributed by atoms with Crippen molar-refractivity contribution in [1.82, 2.24) is 15.0 Å². The molecule has 0 unspecified atom stereocenters. The average molecular weight is 440 g/mol. The Kier molecular flexibility index (Phi) is 5.30. The van der Waals surface area contributed by atoms with Crippen LogP contribution in [0.5, 0.6) is 0 Å². The highest BCUT2D eigenvalue weighted by Crippen LogP contribution is 2.38. The molecule has 2 aromatic heterocycles. The number of halogens is 1. The van der Waals surface area contributed by atoms with Crippen LogP contribution in [0.2, 0.25) is 5.15 Å². The molecule has 2 aromatic rings. The molecule has 0 spiro atoms. The largest absolute Gasteiger partial charge is 0.469 e. The zero-order valence-electron chi connectivity index (χ0n) is 17.8. The van der Waals surface area contributed by atoms with Crippen molar-refractivity contribution in [2.75, 3.05) is 30.0 Å². The molecule has 0 saturated carbocycles. The Morgan fingerprint density at radius 1 is 1.29 bits per heavy atom. The number of anilines is 2. The van der Waals surface area contributed by atoms with Crippen molar-refractivity contribution in [2.24, 2.45) is 5.92 Å². The quantitative estimate of drug-likeness (QED) is 0.535. The monoisotopic (exact) mass is 439 g/mol. The maximum Gasteiger partial charge on any atom is 0.310 e. The fourth-order valence-corrected chi connectivity index (χ4v) is 5.24. The maximum atomic E-state index is 12.1. The first kappa shape index (κ1) is 20.2. The van der Waals surface area contributed by atoms with Crippen LogP contribution in [0.3, 0.4) is 0 Å². The van der Waals surface area contributed by atoms with Crippen LogP contribution in [0, 0.1) is 5.92 Å². The van der Waals surface area contributed by atoms with E-state index in [1.807, 2.05) is 6.07 Å². The molecule has 0 N–H and O–H groups in total. The normalized spacial score (nSPS) is 22.3. The minimum atomic E-state index is -0.142. The van der Waals surface area contributed by atoms with Crippen molar-refractivity contribution in [3.63, 3.8) is 0 Å². The number of aromatic nitrogens is 3. The van der Waals surface area contributed by atoms with E-state index in [0.717, 1.165) is 66.2 Å². The van der Waals surface area contributed by atoms with Crippen molar-refractivity contribution in [3.8, 4) is 0 Å². The van der Waals surface area contributed by atoms with Gasteiger partial charge in [0.1, 0.15) is 17.3 Å². The number of nitrogens with zero attached hydrogens (tertiary/aromatic N) is 5. The molecule has 5 rings (SSSR count). The number of carbonyl (C=O) groups is 1. The number of ether oxygens (including phenoxy) is 1. The van der Waals surface area contributed by atoms with E-state index >= 15 is 0 Å². The van der Waals surface area contributed by atoms with Gasteiger partial charge in [-0.1, -0.05) is 23.8 Å². The van der Waals surface area contributed by atoms with E-state index < -0.39 is 0 Å². The van der Waals surface area contributed by atoms with Gasteiger partial charge in [-0.25, -0.2) is 15.0 Å². The van der Waals surface area contributed by atoms with Crippen LogP contribution in [0.25, 0.3) is 6.08 Å². The second kappa shape index (κ2) is 8.11. The van der Waals surface area contributed by atoms with E-state index in [1.54, 1.807) is 6.33 Å². The van der Waals surface area contributed by atoms with E-state index in [-0.39, 0.29) is 17.9 Å². The first-order valence-corrected chi connectivity index (χ1v) is 11.2. The fourth-order valence-electron chi connectivity index (χ4n) is 5.04. The van der Waals surface area contributed by atoms with E-state index in [4.69, 9.17) is 16.3 Å². The van der Waals surface area contributed by atoms with Crippen molar-refractivity contribution in [1.29, 1.82) is 0 Å². The number of rotatable bonds is 3. The number of carbonyl (C=O) groups excluding carboxylic acids is 1. The van der Waals surface area contributed by atoms with Crippen LogP contribution in [0.1, 0.15) is 42.3 Å². The van der Waals surface area contributed by atoms with Crippen molar-refractivity contribution in [3.05, 3.63) is 46.1 Å². The van der Waals surface area contributed by atoms with Gasteiger partial charge < -0.3 is 14.5 Å². The van der Waals surface area contributed by atoms with Gasteiger partial charge in [0, 0.05) is 55.3 Å². The van der Waals surface area contributed by atoms with Crippen LogP contribution >= 0.6 is 11.6 Å². The highest BCUT2D eigenvalue weighted by Gasteiger charge is 2.33. The van der Waals surface area contributed by atoms with Crippen molar-refractivity contribution >= 4 is 35.2 Å². The van der Waals surface area contributed by atoms with E-state index in [2.05, 4.69) is 43.8 Å².